The molecule has 1 aromatic carbocycles. The molecule has 2 fully saturated rings. The van der Waals surface area contributed by atoms with E-state index in [4.69, 9.17) is 4.74 Å². The molecule has 3 rings (SSSR count). The quantitative estimate of drug-likeness (QED) is 0.658. The number of nitrogens with one attached hydrogen (secondary N) is 1. The molecule has 2 saturated heterocycles. The molecule has 128 valence electrons. The topological polar surface area (TPSA) is 67.6 Å². The molecule has 1 spiro atoms. The van der Waals surface area contributed by atoms with Crippen molar-refractivity contribution in [3.63, 3.8) is 0 Å². The highest BCUT2D eigenvalue weighted by Crippen LogP contribution is 2.37. The van der Waals surface area contributed by atoms with Crippen molar-refractivity contribution in [1.82, 2.24) is 10.2 Å². The molecule has 1 unspecified atom stereocenters. The van der Waals surface area contributed by atoms with Crippen LogP contribution in [0.25, 0.3) is 0 Å². The van der Waals surface area contributed by atoms with E-state index in [2.05, 4.69) is 10.2 Å². The van der Waals surface area contributed by atoms with Crippen LogP contribution in [-0.4, -0.2) is 42.6 Å². The van der Waals surface area contributed by atoms with Crippen LogP contribution in [0.15, 0.2) is 18.2 Å². The Morgan fingerprint density at radius 3 is 2.91 bits per heavy atom. The predicted molar refractivity (Wildman–Crippen MR) is 91.3 cm³/mol. The number of likely N-dealkylation sites (tertiary alicyclic amines) is 1. The Kier molecular flexibility index (Phi) is 5.84. The van der Waals surface area contributed by atoms with Crippen LogP contribution in [0, 0.1) is 15.5 Å². The molecule has 2 aliphatic heterocycles. The van der Waals surface area contributed by atoms with Crippen molar-refractivity contribution in [3.8, 4) is 5.75 Å². The van der Waals surface area contributed by atoms with Crippen molar-refractivity contribution in [2.75, 3.05) is 32.8 Å². The van der Waals surface area contributed by atoms with Gasteiger partial charge in [0.2, 0.25) is 0 Å². The van der Waals surface area contributed by atoms with E-state index in [0.29, 0.717) is 12.0 Å². The normalized spacial score (nSPS) is 23.9. The van der Waals surface area contributed by atoms with Crippen LogP contribution >= 0.6 is 12.4 Å². The van der Waals surface area contributed by atoms with E-state index in [0.717, 1.165) is 44.0 Å². The number of halogens is 1. The first-order chi connectivity index (χ1) is 10.6. The second kappa shape index (κ2) is 7.47. The molecule has 1 N–H and O–H groups in total. The second-order valence-corrected chi connectivity index (χ2v) is 6.37. The van der Waals surface area contributed by atoms with Crippen molar-refractivity contribution in [2.24, 2.45) is 5.41 Å². The van der Waals surface area contributed by atoms with Crippen molar-refractivity contribution in [1.29, 1.82) is 0 Å². The fourth-order valence-corrected chi connectivity index (χ4v) is 3.65. The van der Waals surface area contributed by atoms with Gasteiger partial charge in [0.1, 0.15) is 5.75 Å². The van der Waals surface area contributed by atoms with Gasteiger partial charge in [0.05, 0.1) is 11.5 Å². The zero-order chi connectivity index (χ0) is 15.6. The SMILES string of the molecule is CCOc1ccc([N+](=O)[O-])cc1CN1CCC2(CCNC2)C1.Cl. The molecule has 2 aliphatic rings. The fraction of sp³-hybridized carbons (Fsp3) is 0.625. The van der Waals surface area contributed by atoms with E-state index in [1.807, 2.05) is 6.92 Å². The molecule has 6 nitrogen and oxygen atoms in total. The highest BCUT2D eigenvalue weighted by molar-refractivity contribution is 5.85. The monoisotopic (exact) mass is 341 g/mol. The molecule has 2 heterocycles. The smallest absolute Gasteiger partial charge is 0.270 e. The van der Waals surface area contributed by atoms with Gasteiger partial charge in [0.15, 0.2) is 0 Å². The molecule has 1 atom stereocenters. The Morgan fingerprint density at radius 1 is 1.43 bits per heavy atom. The minimum absolute atomic E-state index is 0. The van der Waals surface area contributed by atoms with Gasteiger partial charge < -0.3 is 10.1 Å². The summed E-state index contributed by atoms with van der Waals surface area (Å²) in [6.45, 7) is 7.54. The molecular weight excluding hydrogens is 318 g/mol. The van der Waals surface area contributed by atoms with Gasteiger partial charge in [-0.3, -0.25) is 15.0 Å². The van der Waals surface area contributed by atoms with Gasteiger partial charge in [0, 0.05) is 37.3 Å². The zero-order valence-corrected chi connectivity index (χ0v) is 14.2. The Morgan fingerprint density at radius 2 is 2.26 bits per heavy atom. The predicted octanol–water partition coefficient (Wildman–Crippen LogP) is 2.60. The van der Waals surface area contributed by atoms with Crippen LogP contribution in [0.2, 0.25) is 0 Å². The maximum Gasteiger partial charge on any atom is 0.270 e. The van der Waals surface area contributed by atoms with Gasteiger partial charge in [0.25, 0.3) is 5.69 Å². The molecule has 0 aromatic heterocycles. The standard InChI is InChI=1S/C16H23N3O3.ClH/c1-2-22-15-4-3-14(19(20)21)9-13(15)10-18-8-6-16(12-18)5-7-17-11-16;/h3-4,9,17H,2,5-8,10-12H2,1H3;1H. The number of hydrogen-bond donors (Lipinski definition) is 1. The maximum absolute atomic E-state index is 11.0. The number of nitro benzene ring substituents is 1. The van der Waals surface area contributed by atoms with Gasteiger partial charge >= 0.3 is 0 Å². The van der Waals surface area contributed by atoms with Crippen molar-refractivity contribution in [2.45, 2.75) is 26.3 Å². The summed E-state index contributed by atoms with van der Waals surface area (Å²) < 4.78 is 5.64. The Bertz CT molecular complexity index is 562. The van der Waals surface area contributed by atoms with E-state index in [-0.39, 0.29) is 23.0 Å². The molecule has 0 bridgehead atoms. The van der Waals surface area contributed by atoms with Crippen LogP contribution < -0.4 is 10.1 Å². The number of ether oxygens (including phenoxy) is 1. The Labute approximate surface area is 142 Å². The average Bonchev–Trinajstić information content (AvgIpc) is 3.11. The molecule has 1 aromatic rings. The summed E-state index contributed by atoms with van der Waals surface area (Å²) in [4.78, 5) is 13.1. The summed E-state index contributed by atoms with van der Waals surface area (Å²) in [7, 11) is 0. The van der Waals surface area contributed by atoms with Crippen LogP contribution in [0.1, 0.15) is 25.3 Å². The third-order valence-electron chi connectivity index (χ3n) is 4.80. The summed E-state index contributed by atoms with van der Waals surface area (Å²) >= 11 is 0. The summed E-state index contributed by atoms with van der Waals surface area (Å²) in [6.07, 6.45) is 2.44. The lowest BCUT2D eigenvalue weighted by atomic mass is 9.86. The van der Waals surface area contributed by atoms with Crippen molar-refractivity contribution >= 4 is 18.1 Å². The van der Waals surface area contributed by atoms with Gasteiger partial charge in [-0.25, -0.2) is 0 Å². The number of rotatable bonds is 5. The van der Waals surface area contributed by atoms with E-state index >= 15 is 0 Å². The average molecular weight is 342 g/mol. The number of nitro groups is 1. The minimum atomic E-state index is -0.342. The molecule has 0 radical (unpaired) electrons. The third-order valence-corrected chi connectivity index (χ3v) is 4.80. The molecule has 7 heteroatoms. The molecule has 23 heavy (non-hydrogen) atoms. The van der Waals surface area contributed by atoms with E-state index in [1.165, 1.54) is 18.9 Å². The third kappa shape index (κ3) is 3.94. The Balaban J connectivity index is 0.00000192. The van der Waals surface area contributed by atoms with Crippen LogP contribution in [0.5, 0.6) is 5.75 Å². The number of nitrogens with zero attached hydrogens (tertiary/aromatic N) is 2. The summed E-state index contributed by atoms with van der Waals surface area (Å²) in [5, 5.41) is 14.5. The minimum Gasteiger partial charge on any atom is -0.494 e. The van der Waals surface area contributed by atoms with E-state index in [9.17, 15) is 10.1 Å². The molecular formula is C16H24ClN3O3. The van der Waals surface area contributed by atoms with Gasteiger partial charge in [-0.15, -0.1) is 12.4 Å². The first-order valence-corrected chi connectivity index (χ1v) is 7.95. The summed E-state index contributed by atoms with van der Waals surface area (Å²) in [5.74, 6) is 0.763. The lowest BCUT2D eigenvalue weighted by molar-refractivity contribution is -0.385. The van der Waals surface area contributed by atoms with Crippen LogP contribution in [0.4, 0.5) is 5.69 Å². The second-order valence-electron chi connectivity index (χ2n) is 6.37. The molecule has 0 aliphatic carbocycles. The zero-order valence-electron chi connectivity index (χ0n) is 13.4. The summed E-state index contributed by atoms with van der Waals surface area (Å²) in [6, 6.07) is 4.89. The van der Waals surface area contributed by atoms with E-state index < -0.39 is 0 Å². The first kappa shape index (κ1) is 18.0. The van der Waals surface area contributed by atoms with Crippen molar-refractivity contribution < 1.29 is 9.66 Å². The lowest BCUT2D eigenvalue weighted by Crippen LogP contribution is -2.29. The maximum atomic E-state index is 11.0. The number of hydrogen-bond acceptors (Lipinski definition) is 5. The number of benzene rings is 1. The fourth-order valence-electron chi connectivity index (χ4n) is 3.65. The molecule has 0 amide bonds. The van der Waals surface area contributed by atoms with E-state index in [1.54, 1.807) is 12.1 Å². The molecule has 0 saturated carbocycles. The highest BCUT2D eigenvalue weighted by atomic mass is 35.5. The Hall–Kier alpha value is -1.37. The van der Waals surface area contributed by atoms with Crippen LogP contribution in [-0.2, 0) is 6.54 Å². The highest BCUT2D eigenvalue weighted by Gasteiger charge is 2.40. The van der Waals surface area contributed by atoms with Crippen molar-refractivity contribution in [3.05, 3.63) is 33.9 Å². The van der Waals surface area contributed by atoms with Gasteiger partial charge in [-0.2, -0.15) is 0 Å². The largest absolute Gasteiger partial charge is 0.494 e. The summed E-state index contributed by atoms with van der Waals surface area (Å²) in [5.41, 5.74) is 1.46. The first-order valence-electron chi connectivity index (χ1n) is 7.95. The van der Waals surface area contributed by atoms with Crippen LogP contribution in [0.3, 0.4) is 0 Å². The lowest BCUT2D eigenvalue weighted by Gasteiger charge is -2.23. The number of non-ortho nitro benzene ring substituents is 1. The van der Waals surface area contributed by atoms with Gasteiger partial charge in [-0.1, -0.05) is 0 Å². The van der Waals surface area contributed by atoms with Gasteiger partial charge in [-0.05, 0) is 44.3 Å².